The first-order valence-electron chi connectivity index (χ1n) is 12.1. The van der Waals surface area contributed by atoms with E-state index < -0.39 is 6.04 Å². The topological polar surface area (TPSA) is 55.2 Å². The molecule has 1 heterocycles. The Morgan fingerprint density at radius 2 is 1.77 bits per heavy atom. The lowest BCUT2D eigenvalue weighted by atomic mass is 10.1. The number of aromatic nitrogens is 2. The van der Waals surface area contributed by atoms with Crippen LogP contribution in [0.3, 0.4) is 0 Å². The highest BCUT2D eigenvalue weighted by Gasteiger charge is 2.28. The summed E-state index contributed by atoms with van der Waals surface area (Å²) in [6, 6.07) is 21.7. The van der Waals surface area contributed by atoms with Crippen molar-refractivity contribution in [3.63, 3.8) is 0 Å². The number of nitrogens with zero attached hydrogens (tertiary/aromatic N) is 3. The molecule has 0 spiro atoms. The van der Waals surface area contributed by atoms with E-state index in [1.165, 1.54) is 0 Å². The molecule has 1 aromatic heterocycles. The molecule has 1 atom stereocenters. The van der Waals surface area contributed by atoms with Crippen LogP contribution in [0, 0.1) is 6.92 Å². The summed E-state index contributed by atoms with van der Waals surface area (Å²) in [5.41, 5.74) is 2.67. The summed E-state index contributed by atoms with van der Waals surface area (Å²) in [5, 5.41) is 0.952. The first-order chi connectivity index (χ1) is 16.9. The van der Waals surface area contributed by atoms with Crippen molar-refractivity contribution in [2.45, 2.75) is 46.1 Å². The molecule has 180 valence electrons. The van der Waals surface area contributed by atoms with Crippen LogP contribution in [0.15, 0.2) is 77.6 Å². The molecule has 35 heavy (non-hydrogen) atoms. The maximum absolute atomic E-state index is 13.8. The molecule has 0 aliphatic heterocycles. The molecule has 6 heteroatoms. The van der Waals surface area contributed by atoms with Crippen molar-refractivity contribution < 1.29 is 4.79 Å². The van der Waals surface area contributed by atoms with Crippen LogP contribution in [0.2, 0.25) is 5.02 Å². The molecule has 1 unspecified atom stereocenters. The summed E-state index contributed by atoms with van der Waals surface area (Å²) >= 11 is 6.40. The second kappa shape index (κ2) is 10.9. The summed E-state index contributed by atoms with van der Waals surface area (Å²) in [5.74, 6) is 0.355. The largest absolute Gasteiger partial charge is 0.329 e. The van der Waals surface area contributed by atoms with Gasteiger partial charge in [0.2, 0.25) is 0 Å². The zero-order valence-electron chi connectivity index (χ0n) is 20.4. The Balaban J connectivity index is 1.90. The Bertz CT molecular complexity index is 1410. The lowest BCUT2D eigenvalue weighted by Gasteiger charge is -2.31. The van der Waals surface area contributed by atoms with Gasteiger partial charge in [0, 0.05) is 6.54 Å². The van der Waals surface area contributed by atoms with E-state index in [4.69, 9.17) is 16.6 Å². The van der Waals surface area contributed by atoms with Crippen LogP contribution in [0.4, 0.5) is 0 Å². The smallest absolute Gasteiger partial charge is 0.266 e. The van der Waals surface area contributed by atoms with E-state index in [-0.39, 0.29) is 11.5 Å². The Kier molecular flexibility index (Phi) is 7.67. The van der Waals surface area contributed by atoms with Crippen molar-refractivity contribution in [3.05, 3.63) is 105 Å². The summed E-state index contributed by atoms with van der Waals surface area (Å²) in [6.07, 6.45) is 2.87. The summed E-state index contributed by atoms with van der Waals surface area (Å²) in [7, 11) is 0. The molecular weight excluding hydrogens is 458 g/mol. The molecule has 0 saturated carbocycles. The van der Waals surface area contributed by atoms with Gasteiger partial charge in [0.1, 0.15) is 5.82 Å². The molecule has 0 N–H and O–H groups in total. The Morgan fingerprint density at radius 3 is 2.51 bits per heavy atom. The van der Waals surface area contributed by atoms with Gasteiger partial charge in [0.05, 0.1) is 33.2 Å². The van der Waals surface area contributed by atoms with Crippen LogP contribution in [0.5, 0.6) is 0 Å². The van der Waals surface area contributed by atoms with Crippen molar-refractivity contribution in [3.8, 4) is 5.69 Å². The number of carbonyl (C=O) groups excluding carboxylic acids is 1. The van der Waals surface area contributed by atoms with Gasteiger partial charge in [-0.3, -0.25) is 14.2 Å². The van der Waals surface area contributed by atoms with Gasteiger partial charge in [-0.15, -0.1) is 0 Å². The second-order valence-corrected chi connectivity index (χ2v) is 9.24. The normalized spacial score (nSPS) is 12.0. The third kappa shape index (κ3) is 5.15. The third-order valence-electron chi connectivity index (χ3n) is 6.27. The minimum Gasteiger partial charge on any atom is -0.329 e. The number of fused-ring (bicyclic) bond motifs is 1. The number of hydrogen-bond donors (Lipinski definition) is 0. The molecule has 0 bridgehead atoms. The Morgan fingerprint density at radius 1 is 1.03 bits per heavy atom. The van der Waals surface area contributed by atoms with Gasteiger partial charge in [-0.05, 0) is 62.2 Å². The molecular formula is C29H30ClN3O2. The minimum atomic E-state index is -0.464. The molecule has 0 aliphatic carbocycles. The van der Waals surface area contributed by atoms with E-state index in [0.29, 0.717) is 33.9 Å². The van der Waals surface area contributed by atoms with E-state index in [9.17, 15) is 9.59 Å². The van der Waals surface area contributed by atoms with Crippen molar-refractivity contribution in [2.24, 2.45) is 0 Å². The van der Waals surface area contributed by atoms with Crippen LogP contribution in [0.1, 0.15) is 60.9 Å². The minimum absolute atomic E-state index is 0.151. The molecule has 0 saturated heterocycles. The number of carbonyl (C=O) groups is 1. The lowest BCUT2D eigenvalue weighted by Crippen LogP contribution is -2.38. The van der Waals surface area contributed by atoms with Crippen LogP contribution in [-0.2, 0) is 0 Å². The lowest BCUT2D eigenvalue weighted by molar-refractivity contribution is 0.0677. The predicted octanol–water partition coefficient (Wildman–Crippen LogP) is 6.74. The van der Waals surface area contributed by atoms with Gasteiger partial charge in [0.15, 0.2) is 0 Å². The quantitative estimate of drug-likeness (QED) is 0.258. The molecule has 0 fully saturated rings. The maximum atomic E-state index is 13.8. The summed E-state index contributed by atoms with van der Waals surface area (Å²) in [4.78, 5) is 34.2. The molecule has 3 aromatic carbocycles. The van der Waals surface area contributed by atoms with Crippen molar-refractivity contribution in [2.75, 3.05) is 6.54 Å². The van der Waals surface area contributed by atoms with Gasteiger partial charge in [0.25, 0.3) is 11.5 Å². The maximum Gasteiger partial charge on any atom is 0.266 e. The second-order valence-electron chi connectivity index (χ2n) is 8.83. The fraction of sp³-hybridized carbons (Fsp3) is 0.276. The van der Waals surface area contributed by atoms with E-state index >= 15 is 0 Å². The number of unbranched alkanes of at least 4 members (excludes halogenated alkanes) is 2. The zero-order valence-corrected chi connectivity index (χ0v) is 21.1. The standard InChI is InChI=1S/C29H30ClN3O2/c1-4-5-10-18-32(28(34)23-14-6-8-16-25(23)30)21(3)27-31-26-17-9-7-15-24(26)29(35)33(27)22-13-11-12-20(2)19-22/h6-9,11-17,19,21H,4-5,10,18H2,1-3H3. The third-order valence-corrected chi connectivity index (χ3v) is 6.60. The summed E-state index contributed by atoms with van der Waals surface area (Å²) < 4.78 is 1.65. The number of halogens is 1. The number of hydrogen-bond acceptors (Lipinski definition) is 3. The monoisotopic (exact) mass is 487 g/mol. The molecule has 5 nitrogen and oxygen atoms in total. The molecule has 1 amide bonds. The predicted molar refractivity (Wildman–Crippen MR) is 143 cm³/mol. The van der Waals surface area contributed by atoms with E-state index in [2.05, 4.69) is 6.92 Å². The number of aryl methyl sites for hydroxylation is 1. The average Bonchev–Trinajstić information content (AvgIpc) is 2.86. The molecule has 4 rings (SSSR count). The Hall–Kier alpha value is -3.44. The van der Waals surface area contributed by atoms with E-state index in [0.717, 1.165) is 30.5 Å². The van der Waals surface area contributed by atoms with Gasteiger partial charge >= 0.3 is 0 Å². The van der Waals surface area contributed by atoms with Crippen LogP contribution >= 0.6 is 11.6 Å². The highest BCUT2D eigenvalue weighted by Crippen LogP contribution is 2.27. The number of benzene rings is 3. The number of amides is 1. The highest BCUT2D eigenvalue weighted by molar-refractivity contribution is 6.33. The fourth-order valence-electron chi connectivity index (χ4n) is 4.38. The molecule has 0 radical (unpaired) electrons. The van der Waals surface area contributed by atoms with Crippen LogP contribution in [-0.4, -0.2) is 26.9 Å². The average molecular weight is 488 g/mol. The molecule has 4 aromatic rings. The van der Waals surface area contributed by atoms with Gasteiger partial charge in [-0.25, -0.2) is 4.98 Å². The van der Waals surface area contributed by atoms with Crippen molar-refractivity contribution >= 4 is 28.4 Å². The van der Waals surface area contributed by atoms with Crippen molar-refractivity contribution in [1.82, 2.24) is 14.5 Å². The van der Waals surface area contributed by atoms with Gasteiger partial charge in [-0.2, -0.15) is 0 Å². The zero-order chi connectivity index (χ0) is 24.9. The number of para-hydroxylation sites is 1. The van der Waals surface area contributed by atoms with Crippen LogP contribution in [0.25, 0.3) is 16.6 Å². The highest BCUT2D eigenvalue weighted by atomic mass is 35.5. The van der Waals surface area contributed by atoms with E-state index in [1.54, 1.807) is 27.7 Å². The number of rotatable bonds is 8. The first kappa shape index (κ1) is 24.7. The van der Waals surface area contributed by atoms with Gasteiger partial charge < -0.3 is 4.90 Å². The Labute approximate surface area is 211 Å². The molecule has 0 aliphatic rings. The first-order valence-corrected chi connectivity index (χ1v) is 12.4. The van der Waals surface area contributed by atoms with Crippen molar-refractivity contribution in [1.29, 1.82) is 0 Å². The SMILES string of the molecule is CCCCCN(C(=O)c1ccccc1Cl)C(C)c1nc2ccccc2c(=O)n1-c1cccc(C)c1. The van der Waals surface area contributed by atoms with Crippen LogP contribution < -0.4 is 5.56 Å². The van der Waals surface area contributed by atoms with Gasteiger partial charge in [-0.1, -0.05) is 67.8 Å². The summed E-state index contributed by atoms with van der Waals surface area (Å²) in [6.45, 7) is 6.59. The van der Waals surface area contributed by atoms with E-state index in [1.807, 2.05) is 68.4 Å². The fourth-order valence-corrected chi connectivity index (χ4v) is 4.60.